The van der Waals surface area contributed by atoms with Gasteiger partial charge in [-0.25, -0.2) is 9.97 Å². The molecule has 7 nitrogen and oxygen atoms in total. The van der Waals surface area contributed by atoms with Crippen LogP contribution < -0.4 is 10.6 Å². The van der Waals surface area contributed by atoms with Crippen LogP contribution in [0.5, 0.6) is 0 Å². The number of rotatable bonds is 7. The number of aromatic nitrogens is 4. The summed E-state index contributed by atoms with van der Waals surface area (Å²) in [5, 5.41) is 7.32. The van der Waals surface area contributed by atoms with E-state index in [1.807, 2.05) is 37.4 Å². The Morgan fingerprint density at radius 2 is 1.93 bits per heavy atom. The molecule has 0 aliphatic heterocycles. The van der Waals surface area contributed by atoms with E-state index in [9.17, 15) is 4.79 Å². The van der Waals surface area contributed by atoms with Gasteiger partial charge in [0, 0.05) is 35.0 Å². The fourth-order valence-corrected chi connectivity index (χ4v) is 3.80. The van der Waals surface area contributed by atoms with Gasteiger partial charge in [-0.3, -0.25) is 10.1 Å². The second-order valence-electron chi connectivity index (χ2n) is 6.66. The van der Waals surface area contributed by atoms with Crippen molar-refractivity contribution in [2.75, 3.05) is 10.6 Å². The first-order valence-electron chi connectivity index (χ1n) is 8.87. The zero-order valence-electron chi connectivity index (χ0n) is 16.2. The summed E-state index contributed by atoms with van der Waals surface area (Å²) < 4.78 is 0. The molecule has 0 saturated heterocycles. The van der Waals surface area contributed by atoms with Gasteiger partial charge in [-0.2, -0.15) is 9.97 Å². The summed E-state index contributed by atoms with van der Waals surface area (Å²) in [5.41, 5.74) is 0.759. The maximum absolute atomic E-state index is 11.1. The molecule has 0 atom stereocenters. The Morgan fingerprint density at radius 3 is 2.54 bits per heavy atom. The molecule has 0 fully saturated rings. The Bertz CT molecular complexity index is 955. The van der Waals surface area contributed by atoms with E-state index in [1.165, 1.54) is 18.7 Å². The van der Waals surface area contributed by atoms with Gasteiger partial charge >= 0.3 is 0 Å². The number of benzene rings is 1. The fourth-order valence-electron chi connectivity index (χ4n) is 2.38. The molecule has 3 rings (SSSR count). The smallest absolute Gasteiger partial charge is 0.233 e. The van der Waals surface area contributed by atoms with Crippen molar-refractivity contribution in [3.05, 3.63) is 41.2 Å². The Morgan fingerprint density at radius 1 is 1.18 bits per heavy atom. The summed E-state index contributed by atoms with van der Waals surface area (Å²) in [6.45, 7) is 7.76. The maximum atomic E-state index is 11.1. The van der Waals surface area contributed by atoms with Crippen LogP contribution in [0.4, 0.5) is 16.8 Å². The first-order chi connectivity index (χ1) is 13.4. The minimum Gasteiger partial charge on any atom is -0.326 e. The number of carbonyl (C=O) groups is 1. The standard InChI is InChI=1S/C19H22N6OS2/c1-11(2)9-16-22-17(24-18-20-10-12(3)27-18)25-19(23-16)28-15-7-5-14(6-8-15)21-13(4)26/h5-8,10-11H,9H2,1-4H3,(H,21,26)(H,20,22,23,24,25). The average molecular weight is 415 g/mol. The first-order valence-corrected chi connectivity index (χ1v) is 10.5. The van der Waals surface area contributed by atoms with Gasteiger partial charge < -0.3 is 5.32 Å². The Labute approximate surface area is 172 Å². The van der Waals surface area contributed by atoms with Crippen LogP contribution in [-0.4, -0.2) is 25.8 Å². The van der Waals surface area contributed by atoms with Crippen molar-refractivity contribution >= 4 is 45.8 Å². The zero-order chi connectivity index (χ0) is 20.1. The SMILES string of the molecule is CC(=O)Nc1ccc(Sc2nc(CC(C)C)nc(Nc3ncc(C)s3)n2)cc1. The van der Waals surface area contributed by atoms with Crippen molar-refractivity contribution in [2.24, 2.45) is 5.92 Å². The molecule has 2 N–H and O–H groups in total. The van der Waals surface area contributed by atoms with Crippen LogP contribution in [0.3, 0.4) is 0 Å². The number of amides is 1. The number of nitrogens with one attached hydrogen (secondary N) is 2. The van der Waals surface area contributed by atoms with Crippen molar-refractivity contribution in [1.82, 2.24) is 19.9 Å². The van der Waals surface area contributed by atoms with Crippen LogP contribution >= 0.6 is 23.1 Å². The van der Waals surface area contributed by atoms with Crippen LogP contribution in [-0.2, 0) is 11.2 Å². The normalized spacial score (nSPS) is 10.9. The Kier molecular flexibility index (Phi) is 6.58. The summed E-state index contributed by atoms with van der Waals surface area (Å²) >= 11 is 3.01. The van der Waals surface area contributed by atoms with Crippen LogP contribution in [0.2, 0.25) is 0 Å². The van der Waals surface area contributed by atoms with Crippen LogP contribution in [0.1, 0.15) is 31.5 Å². The van der Waals surface area contributed by atoms with E-state index in [0.717, 1.165) is 32.8 Å². The molecule has 2 aromatic heterocycles. The van der Waals surface area contributed by atoms with Gasteiger partial charge in [0.15, 0.2) is 10.3 Å². The van der Waals surface area contributed by atoms with Crippen LogP contribution in [0, 0.1) is 12.8 Å². The molecule has 2 heterocycles. The Balaban J connectivity index is 1.82. The predicted octanol–water partition coefficient (Wildman–Crippen LogP) is 4.69. The molecule has 0 radical (unpaired) electrons. The molecule has 1 aromatic carbocycles. The van der Waals surface area contributed by atoms with Crippen molar-refractivity contribution in [3.63, 3.8) is 0 Å². The lowest BCUT2D eigenvalue weighted by Gasteiger charge is -2.09. The average Bonchev–Trinajstić information content (AvgIpc) is 3.00. The van der Waals surface area contributed by atoms with Crippen molar-refractivity contribution in [1.29, 1.82) is 0 Å². The number of anilines is 3. The van der Waals surface area contributed by atoms with E-state index >= 15 is 0 Å². The largest absolute Gasteiger partial charge is 0.326 e. The van der Waals surface area contributed by atoms with Crippen molar-refractivity contribution in [3.8, 4) is 0 Å². The molecule has 0 spiro atoms. The summed E-state index contributed by atoms with van der Waals surface area (Å²) in [6, 6.07) is 7.58. The highest BCUT2D eigenvalue weighted by Gasteiger charge is 2.11. The lowest BCUT2D eigenvalue weighted by molar-refractivity contribution is -0.114. The second kappa shape index (κ2) is 9.11. The number of hydrogen-bond donors (Lipinski definition) is 2. The fraction of sp³-hybridized carbons (Fsp3) is 0.316. The maximum Gasteiger partial charge on any atom is 0.233 e. The quantitative estimate of drug-likeness (QED) is 0.579. The molecule has 1 amide bonds. The molecule has 9 heteroatoms. The highest BCUT2D eigenvalue weighted by molar-refractivity contribution is 7.99. The number of hydrogen-bond acceptors (Lipinski definition) is 8. The lowest BCUT2D eigenvalue weighted by Crippen LogP contribution is -2.07. The van der Waals surface area contributed by atoms with E-state index < -0.39 is 0 Å². The van der Waals surface area contributed by atoms with Gasteiger partial charge in [-0.15, -0.1) is 11.3 Å². The molecule has 0 aliphatic carbocycles. The minimum atomic E-state index is -0.0932. The summed E-state index contributed by atoms with van der Waals surface area (Å²) in [7, 11) is 0. The van der Waals surface area contributed by atoms with Crippen molar-refractivity contribution in [2.45, 2.75) is 44.2 Å². The zero-order valence-corrected chi connectivity index (χ0v) is 17.8. The highest BCUT2D eigenvalue weighted by atomic mass is 32.2. The third-order valence-corrected chi connectivity index (χ3v) is 5.18. The van der Waals surface area contributed by atoms with E-state index in [0.29, 0.717) is 17.0 Å². The summed E-state index contributed by atoms with van der Waals surface area (Å²) in [4.78, 5) is 31.2. The number of thiazole rings is 1. The minimum absolute atomic E-state index is 0.0932. The summed E-state index contributed by atoms with van der Waals surface area (Å²) in [5.74, 6) is 1.59. The van der Waals surface area contributed by atoms with Crippen LogP contribution in [0.25, 0.3) is 0 Å². The predicted molar refractivity (Wildman–Crippen MR) is 113 cm³/mol. The lowest BCUT2D eigenvalue weighted by atomic mass is 10.1. The molecule has 3 aromatic rings. The molecule has 146 valence electrons. The summed E-state index contributed by atoms with van der Waals surface area (Å²) in [6.07, 6.45) is 2.58. The van der Waals surface area contributed by atoms with Crippen molar-refractivity contribution < 1.29 is 4.79 Å². The molecule has 0 unspecified atom stereocenters. The molecule has 0 bridgehead atoms. The van der Waals surface area contributed by atoms with Gasteiger partial charge in [0.25, 0.3) is 0 Å². The first kappa shape index (κ1) is 20.2. The number of carbonyl (C=O) groups excluding carboxylic acids is 1. The van der Waals surface area contributed by atoms with Gasteiger partial charge in [0.1, 0.15) is 5.82 Å². The monoisotopic (exact) mass is 414 g/mol. The van der Waals surface area contributed by atoms with Crippen LogP contribution in [0.15, 0.2) is 40.5 Å². The molecule has 0 aliphatic rings. The topological polar surface area (TPSA) is 92.7 Å². The second-order valence-corrected chi connectivity index (χ2v) is 8.94. The third-order valence-electron chi connectivity index (χ3n) is 3.48. The number of aryl methyl sites for hydroxylation is 1. The van der Waals surface area contributed by atoms with E-state index in [-0.39, 0.29) is 5.91 Å². The van der Waals surface area contributed by atoms with Gasteiger partial charge in [-0.1, -0.05) is 13.8 Å². The molecule has 0 saturated carbocycles. The van der Waals surface area contributed by atoms with Gasteiger partial charge in [0.2, 0.25) is 11.9 Å². The molecular formula is C19H22N6OS2. The van der Waals surface area contributed by atoms with E-state index in [1.54, 1.807) is 11.3 Å². The highest BCUT2D eigenvalue weighted by Crippen LogP contribution is 2.28. The van der Waals surface area contributed by atoms with Gasteiger partial charge in [0.05, 0.1) is 0 Å². The van der Waals surface area contributed by atoms with Gasteiger partial charge in [-0.05, 0) is 48.9 Å². The third kappa shape index (κ3) is 6.00. The Hall–Kier alpha value is -2.52. The van der Waals surface area contributed by atoms with E-state index in [4.69, 9.17) is 0 Å². The molecule has 28 heavy (non-hydrogen) atoms. The molecular weight excluding hydrogens is 392 g/mol. The number of nitrogens with zero attached hydrogens (tertiary/aromatic N) is 4. The van der Waals surface area contributed by atoms with E-state index in [2.05, 4.69) is 44.4 Å².